The first kappa shape index (κ1) is 16.5. The van der Waals surface area contributed by atoms with Crippen LogP contribution in [0.2, 0.25) is 0 Å². The largest absolute Gasteiger partial charge is 0.433 e. The zero-order valence-corrected chi connectivity index (χ0v) is 13.3. The van der Waals surface area contributed by atoms with Crippen LogP contribution in [0.25, 0.3) is 0 Å². The van der Waals surface area contributed by atoms with Crippen molar-refractivity contribution < 1.29 is 18.0 Å². The van der Waals surface area contributed by atoms with Gasteiger partial charge in [-0.2, -0.15) is 18.3 Å². The molecule has 2 aromatic rings. The van der Waals surface area contributed by atoms with E-state index < -0.39 is 23.3 Å². The Kier molecular flexibility index (Phi) is 4.06. The summed E-state index contributed by atoms with van der Waals surface area (Å²) in [5, 5.41) is 11.8. The van der Waals surface area contributed by atoms with Gasteiger partial charge in [-0.25, -0.2) is 0 Å². The molecular weight excluding hydrogens is 325 g/mol. The number of alkyl halides is 3. The third-order valence-corrected chi connectivity index (χ3v) is 4.07. The summed E-state index contributed by atoms with van der Waals surface area (Å²) < 4.78 is 42.6. The smallest absolute Gasteiger partial charge is 0.329 e. The predicted octanol–water partition coefficient (Wildman–Crippen LogP) is 1.73. The molecule has 10 heteroatoms. The topological polar surface area (TPSA) is 68.8 Å². The molecule has 0 fully saturated rings. The van der Waals surface area contributed by atoms with Crippen molar-refractivity contribution >= 4 is 5.91 Å². The monoisotopic (exact) mass is 342 g/mol. The number of fused-ring (bicyclic) bond motifs is 1. The van der Waals surface area contributed by atoms with Gasteiger partial charge in [-0.05, 0) is 6.92 Å². The van der Waals surface area contributed by atoms with Gasteiger partial charge in [-0.3, -0.25) is 9.48 Å². The van der Waals surface area contributed by atoms with Crippen LogP contribution in [0.5, 0.6) is 0 Å². The van der Waals surface area contributed by atoms with Gasteiger partial charge in [0.05, 0.1) is 18.3 Å². The van der Waals surface area contributed by atoms with Gasteiger partial charge >= 0.3 is 6.18 Å². The van der Waals surface area contributed by atoms with Crippen LogP contribution in [0.1, 0.15) is 41.5 Å². The summed E-state index contributed by atoms with van der Waals surface area (Å²) in [5.74, 6) is 0.712. The first-order valence-corrected chi connectivity index (χ1v) is 7.70. The molecule has 1 aliphatic heterocycles. The lowest BCUT2D eigenvalue weighted by Crippen LogP contribution is -2.39. The molecule has 3 rings (SSSR count). The summed E-state index contributed by atoms with van der Waals surface area (Å²) in [7, 11) is 0. The minimum absolute atomic E-state index is 0.0380. The van der Waals surface area contributed by atoms with E-state index in [4.69, 9.17) is 0 Å². The third kappa shape index (κ3) is 2.65. The Balaban J connectivity index is 1.90. The van der Waals surface area contributed by atoms with Crippen LogP contribution in [0.3, 0.4) is 0 Å². The molecule has 0 unspecified atom stereocenters. The van der Waals surface area contributed by atoms with Crippen LogP contribution >= 0.6 is 0 Å². The highest BCUT2D eigenvalue weighted by molar-refractivity contribution is 5.95. The van der Waals surface area contributed by atoms with Crippen LogP contribution in [0, 0.1) is 0 Å². The molecule has 0 saturated heterocycles. The lowest BCUT2D eigenvalue weighted by Gasteiger charge is -2.28. The highest BCUT2D eigenvalue weighted by atomic mass is 19.4. The van der Waals surface area contributed by atoms with Gasteiger partial charge in [0.2, 0.25) is 0 Å². The normalized spacial score (nSPS) is 14.8. The number of aryl methyl sites for hydroxylation is 2. The fraction of sp³-hybridized carbons (Fsp3) is 0.571. The van der Waals surface area contributed by atoms with Crippen LogP contribution < -0.4 is 0 Å². The van der Waals surface area contributed by atoms with Crippen molar-refractivity contribution in [1.82, 2.24) is 29.4 Å². The summed E-state index contributed by atoms with van der Waals surface area (Å²) >= 11 is 0. The summed E-state index contributed by atoms with van der Waals surface area (Å²) in [6.45, 7) is 4.46. The summed E-state index contributed by atoms with van der Waals surface area (Å²) in [6, 6.07) is 0. The Morgan fingerprint density at radius 1 is 1.25 bits per heavy atom. The molecule has 0 aromatic carbocycles. The van der Waals surface area contributed by atoms with Crippen molar-refractivity contribution in [3.8, 4) is 0 Å². The van der Waals surface area contributed by atoms with Crippen molar-refractivity contribution in [3.63, 3.8) is 0 Å². The second kappa shape index (κ2) is 5.91. The van der Waals surface area contributed by atoms with Gasteiger partial charge in [-0.15, -0.1) is 10.2 Å². The first-order chi connectivity index (χ1) is 11.4. The second-order valence-corrected chi connectivity index (χ2v) is 5.48. The van der Waals surface area contributed by atoms with Crippen LogP contribution in [-0.2, 0) is 32.2 Å². The molecule has 130 valence electrons. The van der Waals surface area contributed by atoms with Crippen LogP contribution in [0.4, 0.5) is 13.2 Å². The summed E-state index contributed by atoms with van der Waals surface area (Å²) in [6.07, 6.45) is -2.93. The molecule has 7 nitrogen and oxygen atoms in total. The average Bonchev–Trinajstić information content (AvgIpc) is 3.16. The summed E-state index contributed by atoms with van der Waals surface area (Å²) in [4.78, 5) is 14.0. The SMILES string of the molecule is CCc1nnc2n1CCN(C(=O)c1cnn(CC)c1C(F)(F)F)C2. The number of hydrogen-bond acceptors (Lipinski definition) is 4. The van der Waals surface area contributed by atoms with Gasteiger partial charge in [0.1, 0.15) is 5.82 Å². The summed E-state index contributed by atoms with van der Waals surface area (Å²) in [5.41, 5.74) is -1.43. The molecule has 0 spiro atoms. The molecule has 0 atom stereocenters. The molecule has 0 aliphatic carbocycles. The highest BCUT2D eigenvalue weighted by Crippen LogP contribution is 2.33. The van der Waals surface area contributed by atoms with Gasteiger partial charge in [0.25, 0.3) is 5.91 Å². The van der Waals surface area contributed by atoms with E-state index in [0.29, 0.717) is 25.3 Å². The number of rotatable bonds is 3. The molecule has 0 bridgehead atoms. The van der Waals surface area contributed by atoms with Gasteiger partial charge in [-0.1, -0.05) is 6.92 Å². The van der Waals surface area contributed by atoms with Crippen molar-refractivity contribution in [3.05, 3.63) is 29.1 Å². The number of hydrogen-bond donors (Lipinski definition) is 0. The zero-order chi connectivity index (χ0) is 17.5. The fourth-order valence-corrected chi connectivity index (χ4v) is 2.90. The predicted molar refractivity (Wildman–Crippen MR) is 77.0 cm³/mol. The Morgan fingerprint density at radius 3 is 2.62 bits per heavy atom. The molecule has 1 amide bonds. The van der Waals surface area contributed by atoms with Crippen LogP contribution in [-0.4, -0.2) is 41.9 Å². The average molecular weight is 342 g/mol. The Morgan fingerprint density at radius 2 is 2.00 bits per heavy atom. The van der Waals surface area contributed by atoms with E-state index in [2.05, 4.69) is 15.3 Å². The minimum atomic E-state index is -4.64. The van der Waals surface area contributed by atoms with Gasteiger partial charge in [0.15, 0.2) is 11.5 Å². The maximum absolute atomic E-state index is 13.3. The minimum Gasteiger partial charge on any atom is -0.329 e. The van der Waals surface area contributed by atoms with Crippen molar-refractivity contribution in [2.75, 3.05) is 6.54 Å². The van der Waals surface area contributed by atoms with E-state index in [9.17, 15) is 18.0 Å². The van der Waals surface area contributed by atoms with E-state index in [-0.39, 0.29) is 13.1 Å². The maximum atomic E-state index is 13.3. The van der Waals surface area contributed by atoms with E-state index >= 15 is 0 Å². The quantitative estimate of drug-likeness (QED) is 0.852. The van der Waals surface area contributed by atoms with E-state index in [1.165, 1.54) is 4.90 Å². The molecule has 2 aromatic heterocycles. The molecule has 0 radical (unpaired) electrons. The van der Waals surface area contributed by atoms with E-state index in [1.54, 1.807) is 6.92 Å². The van der Waals surface area contributed by atoms with E-state index in [0.717, 1.165) is 16.7 Å². The van der Waals surface area contributed by atoms with Crippen molar-refractivity contribution in [2.45, 2.75) is 46.1 Å². The molecule has 3 heterocycles. The van der Waals surface area contributed by atoms with Crippen molar-refractivity contribution in [2.24, 2.45) is 0 Å². The highest BCUT2D eigenvalue weighted by Gasteiger charge is 2.41. The zero-order valence-electron chi connectivity index (χ0n) is 13.3. The fourth-order valence-electron chi connectivity index (χ4n) is 2.90. The maximum Gasteiger partial charge on any atom is 0.433 e. The lowest BCUT2D eigenvalue weighted by atomic mass is 10.2. The first-order valence-electron chi connectivity index (χ1n) is 7.70. The number of halogens is 3. The third-order valence-electron chi connectivity index (χ3n) is 4.07. The Hall–Kier alpha value is -2.39. The Bertz CT molecular complexity index is 763. The number of amides is 1. The van der Waals surface area contributed by atoms with Crippen LogP contribution in [0.15, 0.2) is 6.20 Å². The van der Waals surface area contributed by atoms with Crippen molar-refractivity contribution in [1.29, 1.82) is 0 Å². The number of carbonyl (C=O) groups excluding carboxylic acids is 1. The Labute approximate surface area is 136 Å². The number of nitrogens with zero attached hydrogens (tertiary/aromatic N) is 6. The second-order valence-electron chi connectivity index (χ2n) is 5.48. The lowest BCUT2D eigenvalue weighted by molar-refractivity contribution is -0.144. The molecule has 1 aliphatic rings. The molecule has 0 saturated carbocycles. The number of aromatic nitrogens is 5. The standard InChI is InChI=1S/C14H17F3N6O/c1-3-10-19-20-11-8-21(5-6-22(10)11)13(24)9-7-18-23(4-2)12(9)14(15,16)17/h7H,3-6,8H2,1-2H3. The molecule has 24 heavy (non-hydrogen) atoms. The molecular formula is C14H17F3N6O. The van der Waals surface area contributed by atoms with Gasteiger partial charge < -0.3 is 9.47 Å². The molecule has 0 N–H and O–H groups in total. The van der Waals surface area contributed by atoms with E-state index in [1.807, 2.05) is 11.5 Å². The number of carbonyl (C=O) groups is 1. The van der Waals surface area contributed by atoms with Gasteiger partial charge in [0, 0.05) is 26.1 Å².